The zero-order chi connectivity index (χ0) is 17.0. The summed E-state index contributed by atoms with van der Waals surface area (Å²) in [6, 6.07) is 2.04. The Labute approximate surface area is 144 Å². The van der Waals surface area contributed by atoms with Crippen molar-refractivity contribution in [3.05, 3.63) is 0 Å². The summed E-state index contributed by atoms with van der Waals surface area (Å²) in [5, 5.41) is 0. The molecular formula is C19H39N3O. The van der Waals surface area contributed by atoms with Gasteiger partial charge in [-0.05, 0) is 87.1 Å². The molecule has 2 aliphatic rings. The van der Waals surface area contributed by atoms with Crippen molar-refractivity contribution in [2.24, 2.45) is 0 Å². The average Bonchev–Trinajstić information content (AvgIpc) is 3.06. The lowest BCUT2D eigenvalue weighted by Crippen LogP contribution is -2.50. The fourth-order valence-electron chi connectivity index (χ4n) is 3.90. The first-order chi connectivity index (χ1) is 10.8. The van der Waals surface area contributed by atoms with E-state index in [0.717, 1.165) is 19.3 Å². The van der Waals surface area contributed by atoms with Crippen LogP contribution in [0, 0.1) is 0 Å². The van der Waals surface area contributed by atoms with Gasteiger partial charge in [-0.2, -0.15) is 0 Å². The number of hydrogen-bond donors (Lipinski definition) is 0. The van der Waals surface area contributed by atoms with Gasteiger partial charge in [-0.3, -0.25) is 4.90 Å². The van der Waals surface area contributed by atoms with Crippen LogP contribution < -0.4 is 0 Å². The molecule has 1 unspecified atom stereocenters. The molecule has 0 aliphatic carbocycles. The minimum Gasteiger partial charge on any atom is -0.380 e. The molecule has 4 nitrogen and oxygen atoms in total. The van der Waals surface area contributed by atoms with Gasteiger partial charge in [0.2, 0.25) is 0 Å². The molecule has 23 heavy (non-hydrogen) atoms. The van der Waals surface area contributed by atoms with Crippen molar-refractivity contribution < 1.29 is 4.74 Å². The van der Waals surface area contributed by atoms with Gasteiger partial charge >= 0.3 is 0 Å². The van der Waals surface area contributed by atoms with Crippen LogP contribution in [0.1, 0.15) is 53.4 Å². The molecule has 2 saturated heterocycles. The summed E-state index contributed by atoms with van der Waals surface area (Å²) in [6.07, 6.45) is 5.07. The minimum absolute atomic E-state index is 0.254. The van der Waals surface area contributed by atoms with E-state index >= 15 is 0 Å². The van der Waals surface area contributed by atoms with Gasteiger partial charge in [-0.15, -0.1) is 0 Å². The maximum Gasteiger partial charge on any atom is 0.0622 e. The number of hydrogen-bond acceptors (Lipinski definition) is 4. The van der Waals surface area contributed by atoms with Gasteiger partial charge in [0.15, 0.2) is 0 Å². The first-order valence-electron chi connectivity index (χ1n) is 9.56. The van der Waals surface area contributed by atoms with Crippen LogP contribution in [0.4, 0.5) is 0 Å². The standard InChI is InChI=1S/C19H39N3O/c1-16(2)20(5)17-7-11-22(12-8-17)13-10-19(3,4)21(6)18-9-14-23-15-18/h16-18H,7-15H2,1-6H3. The normalized spacial score (nSPS) is 25.2. The number of likely N-dealkylation sites (N-methyl/N-ethyl adjacent to an activating group) is 1. The Kier molecular flexibility index (Phi) is 6.90. The smallest absolute Gasteiger partial charge is 0.0622 e. The second kappa shape index (κ2) is 8.28. The predicted molar refractivity (Wildman–Crippen MR) is 98.0 cm³/mol. The zero-order valence-electron chi connectivity index (χ0n) is 16.3. The van der Waals surface area contributed by atoms with Gasteiger partial charge in [0.1, 0.15) is 0 Å². The molecule has 2 aliphatic heterocycles. The molecule has 136 valence electrons. The highest BCUT2D eigenvalue weighted by Gasteiger charge is 2.32. The van der Waals surface area contributed by atoms with E-state index in [2.05, 4.69) is 56.5 Å². The second-order valence-corrected chi connectivity index (χ2v) is 8.52. The summed E-state index contributed by atoms with van der Waals surface area (Å²) in [4.78, 5) is 7.78. The van der Waals surface area contributed by atoms with Gasteiger partial charge in [-0.1, -0.05) is 0 Å². The molecule has 1 atom stereocenters. The van der Waals surface area contributed by atoms with Gasteiger partial charge in [0, 0.05) is 30.3 Å². The number of rotatable bonds is 7. The van der Waals surface area contributed by atoms with Crippen LogP contribution in [0.5, 0.6) is 0 Å². The summed E-state index contributed by atoms with van der Waals surface area (Å²) < 4.78 is 5.56. The SMILES string of the molecule is CC(C)N(C)C1CCN(CCC(C)(C)N(C)C2CCOC2)CC1. The van der Waals surface area contributed by atoms with Crippen LogP contribution in [0.3, 0.4) is 0 Å². The van der Waals surface area contributed by atoms with Gasteiger partial charge in [0.05, 0.1) is 6.61 Å². The predicted octanol–water partition coefficient (Wildman–Crippen LogP) is 2.68. The second-order valence-electron chi connectivity index (χ2n) is 8.52. The Morgan fingerprint density at radius 3 is 2.26 bits per heavy atom. The molecule has 0 aromatic rings. The Balaban J connectivity index is 1.73. The first-order valence-corrected chi connectivity index (χ1v) is 9.56. The Morgan fingerprint density at radius 1 is 1.09 bits per heavy atom. The Bertz CT molecular complexity index is 345. The number of nitrogens with zero attached hydrogens (tertiary/aromatic N) is 3. The maximum atomic E-state index is 5.56. The van der Waals surface area contributed by atoms with Crippen LogP contribution in [0.15, 0.2) is 0 Å². The molecule has 2 rings (SSSR count). The third-order valence-corrected chi connectivity index (χ3v) is 6.40. The van der Waals surface area contributed by atoms with Crippen molar-refractivity contribution in [3.63, 3.8) is 0 Å². The molecule has 2 fully saturated rings. The third-order valence-electron chi connectivity index (χ3n) is 6.40. The van der Waals surface area contributed by atoms with E-state index in [1.807, 2.05) is 0 Å². The molecule has 0 amide bonds. The van der Waals surface area contributed by atoms with E-state index in [9.17, 15) is 0 Å². The quantitative estimate of drug-likeness (QED) is 0.716. The Hall–Kier alpha value is -0.160. The fourth-order valence-corrected chi connectivity index (χ4v) is 3.90. The average molecular weight is 326 g/mol. The van der Waals surface area contributed by atoms with Gasteiger partial charge in [0.25, 0.3) is 0 Å². The van der Waals surface area contributed by atoms with Crippen LogP contribution in [0.2, 0.25) is 0 Å². The van der Waals surface area contributed by atoms with Crippen LogP contribution >= 0.6 is 0 Å². The highest BCUT2D eigenvalue weighted by atomic mass is 16.5. The lowest BCUT2D eigenvalue weighted by Gasteiger charge is -2.42. The molecule has 4 heteroatoms. The summed E-state index contributed by atoms with van der Waals surface area (Å²) in [5.74, 6) is 0. The zero-order valence-corrected chi connectivity index (χ0v) is 16.3. The highest BCUT2D eigenvalue weighted by molar-refractivity contribution is 4.88. The maximum absolute atomic E-state index is 5.56. The molecule has 0 aromatic carbocycles. The van der Waals surface area contributed by atoms with Crippen LogP contribution in [0.25, 0.3) is 0 Å². The summed E-state index contributed by atoms with van der Waals surface area (Å²) in [7, 11) is 4.57. The Morgan fingerprint density at radius 2 is 1.74 bits per heavy atom. The van der Waals surface area contributed by atoms with Crippen LogP contribution in [-0.4, -0.2) is 85.3 Å². The van der Waals surface area contributed by atoms with Crippen molar-refractivity contribution in [2.45, 2.75) is 77.0 Å². The number of likely N-dealkylation sites (tertiary alicyclic amines) is 1. The molecule has 0 radical (unpaired) electrons. The molecule has 0 bridgehead atoms. The van der Waals surface area contributed by atoms with E-state index in [-0.39, 0.29) is 5.54 Å². The lowest BCUT2D eigenvalue weighted by atomic mass is 9.94. The molecule has 0 aromatic heterocycles. The third kappa shape index (κ3) is 5.15. The van der Waals surface area contributed by atoms with Gasteiger partial charge < -0.3 is 14.5 Å². The largest absolute Gasteiger partial charge is 0.380 e. The summed E-state index contributed by atoms with van der Waals surface area (Å²) in [6.45, 7) is 15.0. The fraction of sp³-hybridized carbons (Fsp3) is 1.00. The molecular weight excluding hydrogens is 286 g/mol. The van der Waals surface area contributed by atoms with Crippen molar-refractivity contribution in [2.75, 3.05) is 46.9 Å². The van der Waals surface area contributed by atoms with E-state index in [1.54, 1.807) is 0 Å². The summed E-state index contributed by atoms with van der Waals surface area (Å²) >= 11 is 0. The van der Waals surface area contributed by atoms with Crippen molar-refractivity contribution >= 4 is 0 Å². The lowest BCUT2D eigenvalue weighted by molar-refractivity contribution is 0.0587. The van der Waals surface area contributed by atoms with Crippen molar-refractivity contribution in [3.8, 4) is 0 Å². The number of piperidine rings is 1. The molecule has 2 heterocycles. The molecule has 0 N–H and O–H groups in total. The first kappa shape index (κ1) is 19.2. The van der Waals surface area contributed by atoms with Gasteiger partial charge in [-0.25, -0.2) is 0 Å². The van der Waals surface area contributed by atoms with E-state index in [4.69, 9.17) is 4.74 Å². The minimum atomic E-state index is 0.254. The van der Waals surface area contributed by atoms with Crippen LogP contribution in [-0.2, 0) is 4.74 Å². The highest BCUT2D eigenvalue weighted by Crippen LogP contribution is 2.25. The van der Waals surface area contributed by atoms with E-state index in [1.165, 1.54) is 45.3 Å². The van der Waals surface area contributed by atoms with Crippen molar-refractivity contribution in [1.82, 2.24) is 14.7 Å². The molecule has 0 spiro atoms. The van der Waals surface area contributed by atoms with Crippen molar-refractivity contribution in [1.29, 1.82) is 0 Å². The summed E-state index contributed by atoms with van der Waals surface area (Å²) in [5.41, 5.74) is 0.254. The van der Waals surface area contributed by atoms with E-state index in [0.29, 0.717) is 12.1 Å². The number of ether oxygens (including phenoxy) is 1. The van der Waals surface area contributed by atoms with E-state index < -0.39 is 0 Å². The topological polar surface area (TPSA) is 19.0 Å². The monoisotopic (exact) mass is 325 g/mol. The molecule has 0 saturated carbocycles.